The number of halogens is 1. The summed E-state index contributed by atoms with van der Waals surface area (Å²) in [5.41, 5.74) is 3.13. The summed E-state index contributed by atoms with van der Waals surface area (Å²) in [5.74, 6) is -0.994. The second-order valence-corrected chi connectivity index (χ2v) is 4.85. The Morgan fingerprint density at radius 1 is 1.29 bits per heavy atom. The molecule has 0 aliphatic rings. The highest BCUT2D eigenvalue weighted by atomic mass is 19.1. The number of amides is 2. The molecule has 0 unspecified atom stereocenters. The molecular weight excluding hydrogens is 273 g/mol. The first-order valence-corrected chi connectivity index (χ1v) is 6.80. The van der Waals surface area contributed by atoms with E-state index in [4.69, 9.17) is 0 Å². The molecule has 0 radical (unpaired) electrons. The molecule has 0 saturated carbocycles. The molecule has 0 bridgehead atoms. The first-order chi connectivity index (χ1) is 9.92. The van der Waals surface area contributed by atoms with Crippen molar-refractivity contribution in [3.8, 4) is 0 Å². The summed E-state index contributed by atoms with van der Waals surface area (Å²) in [6, 6.07) is 5.24. The van der Waals surface area contributed by atoms with Gasteiger partial charge < -0.3 is 5.32 Å². The maximum absolute atomic E-state index is 12.7. The largest absolute Gasteiger partial charge is 0.353 e. The molecule has 1 rings (SSSR count). The van der Waals surface area contributed by atoms with Crippen LogP contribution in [0.1, 0.15) is 44.0 Å². The Kier molecular flexibility index (Phi) is 6.52. The molecule has 114 valence electrons. The zero-order valence-corrected chi connectivity index (χ0v) is 12.4. The van der Waals surface area contributed by atoms with Crippen LogP contribution in [0.3, 0.4) is 0 Å². The van der Waals surface area contributed by atoms with Crippen LogP contribution in [-0.4, -0.2) is 23.6 Å². The summed E-state index contributed by atoms with van der Waals surface area (Å²) in [6.07, 6.45) is 0.970. The molecule has 6 heteroatoms. The Morgan fingerprint density at radius 3 is 2.48 bits per heavy atom. The number of hydrogen-bond donors (Lipinski definition) is 2. The molecule has 0 spiro atoms. The van der Waals surface area contributed by atoms with Gasteiger partial charge in [-0.15, -0.1) is 0 Å². The van der Waals surface area contributed by atoms with E-state index in [9.17, 15) is 14.0 Å². The van der Waals surface area contributed by atoms with Gasteiger partial charge in [0.1, 0.15) is 5.82 Å². The van der Waals surface area contributed by atoms with Crippen LogP contribution in [0.5, 0.6) is 0 Å². The van der Waals surface area contributed by atoms with E-state index in [1.165, 1.54) is 24.3 Å². The van der Waals surface area contributed by atoms with Gasteiger partial charge in [0.2, 0.25) is 5.91 Å². The van der Waals surface area contributed by atoms with Gasteiger partial charge in [-0.1, -0.05) is 6.92 Å². The van der Waals surface area contributed by atoms with E-state index in [1.807, 2.05) is 13.8 Å². The molecule has 0 heterocycles. The van der Waals surface area contributed by atoms with E-state index in [2.05, 4.69) is 15.8 Å². The van der Waals surface area contributed by atoms with Gasteiger partial charge >= 0.3 is 0 Å². The molecule has 0 saturated heterocycles. The molecule has 0 aliphatic carbocycles. The maximum Gasteiger partial charge on any atom is 0.271 e. The van der Waals surface area contributed by atoms with Crippen LogP contribution in [0, 0.1) is 5.82 Å². The number of carbonyl (C=O) groups is 2. The van der Waals surface area contributed by atoms with E-state index in [0.29, 0.717) is 11.3 Å². The van der Waals surface area contributed by atoms with Crippen molar-refractivity contribution in [1.82, 2.24) is 10.7 Å². The van der Waals surface area contributed by atoms with Crippen molar-refractivity contribution in [3.05, 3.63) is 35.6 Å². The molecule has 1 aromatic carbocycles. The second-order valence-electron chi connectivity index (χ2n) is 4.85. The van der Waals surface area contributed by atoms with Gasteiger partial charge in [-0.25, -0.2) is 9.82 Å². The van der Waals surface area contributed by atoms with Crippen LogP contribution in [-0.2, 0) is 4.79 Å². The number of nitrogens with zero attached hydrogens (tertiary/aromatic N) is 1. The first-order valence-electron chi connectivity index (χ1n) is 6.80. The van der Waals surface area contributed by atoms with Crippen molar-refractivity contribution in [2.75, 3.05) is 0 Å². The lowest BCUT2D eigenvalue weighted by Crippen LogP contribution is -2.33. The van der Waals surface area contributed by atoms with Gasteiger partial charge in [0.15, 0.2) is 0 Å². The topological polar surface area (TPSA) is 70.6 Å². The van der Waals surface area contributed by atoms with Crippen LogP contribution < -0.4 is 10.7 Å². The molecule has 1 aromatic rings. The molecule has 0 aliphatic heterocycles. The summed E-state index contributed by atoms with van der Waals surface area (Å²) >= 11 is 0. The third-order valence-electron chi connectivity index (χ3n) is 2.89. The van der Waals surface area contributed by atoms with Crippen molar-refractivity contribution in [2.45, 2.75) is 39.7 Å². The Labute approximate surface area is 123 Å². The van der Waals surface area contributed by atoms with E-state index < -0.39 is 11.7 Å². The standard InChI is InChI=1S/C15H20FN3O2/c1-4-10(2)17-14(20)9-11(3)18-19-15(21)12-5-7-13(16)8-6-12/h5-8,10H,4,9H2,1-3H3,(H,17,20)(H,19,21)/t10-/m1/s1. The fourth-order valence-electron chi connectivity index (χ4n) is 1.51. The summed E-state index contributed by atoms with van der Waals surface area (Å²) < 4.78 is 12.7. The number of hydrazone groups is 1. The van der Waals surface area contributed by atoms with Crippen molar-refractivity contribution in [2.24, 2.45) is 5.10 Å². The van der Waals surface area contributed by atoms with Crippen LogP contribution >= 0.6 is 0 Å². The molecule has 21 heavy (non-hydrogen) atoms. The summed E-state index contributed by atoms with van der Waals surface area (Å²) in [4.78, 5) is 23.4. The summed E-state index contributed by atoms with van der Waals surface area (Å²) in [5, 5.41) is 6.67. The first kappa shape index (κ1) is 16.8. The lowest BCUT2D eigenvalue weighted by atomic mass is 10.2. The van der Waals surface area contributed by atoms with Crippen molar-refractivity contribution >= 4 is 17.5 Å². The Hall–Kier alpha value is -2.24. The van der Waals surface area contributed by atoms with Gasteiger partial charge in [0, 0.05) is 17.3 Å². The molecule has 2 amide bonds. The fraction of sp³-hybridized carbons (Fsp3) is 0.400. The Morgan fingerprint density at radius 2 is 1.90 bits per heavy atom. The minimum atomic E-state index is -0.448. The normalized spacial score (nSPS) is 12.7. The minimum Gasteiger partial charge on any atom is -0.353 e. The van der Waals surface area contributed by atoms with Gasteiger partial charge in [-0.3, -0.25) is 9.59 Å². The number of benzene rings is 1. The highest BCUT2D eigenvalue weighted by Crippen LogP contribution is 2.02. The van der Waals surface area contributed by atoms with Crippen molar-refractivity contribution < 1.29 is 14.0 Å². The molecular formula is C15H20FN3O2. The predicted octanol–water partition coefficient (Wildman–Crippen LogP) is 2.24. The van der Waals surface area contributed by atoms with E-state index in [-0.39, 0.29) is 18.4 Å². The van der Waals surface area contributed by atoms with Crippen molar-refractivity contribution in [3.63, 3.8) is 0 Å². The van der Waals surface area contributed by atoms with Crippen LogP contribution in [0.4, 0.5) is 4.39 Å². The number of hydrogen-bond acceptors (Lipinski definition) is 3. The van der Waals surface area contributed by atoms with Crippen LogP contribution in [0.2, 0.25) is 0 Å². The minimum absolute atomic E-state index is 0.110. The van der Waals surface area contributed by atoms with Crippen LogP contribution in [0.25, 0.3) is 0 Å². The molecule has 1 atom stereocenters. The van der Waals surface area contributed by atoms with E-state index in [1.54, 1.807) is 6.92 Å². The average Bonchev–Trinajstić information content (AvgIpc) is 2.45. The Bertz CT molecular complexity index is 526. The zero-order valence-electron chi connectivity index (χ0n) is 12.4. The summed E-state index contributed by atoms with van der Waals surface area (Å²) in [6.45, 7) is 5.55. The number of nitrogens with one attached hydrogen (secondary N) is 2. The third kappa shape index (κ3) is 6.16. The summed E-state index contributed by atoms with van der Waals surface area (Å²) in [7, 11) is 0. The maximum atomic E-state index is 12.7. The molecule has 0 fully saturated rings. The predicted molar refractivity (Wildman–Crippen MR) is 79.5 cm³/mol. The van der Waals surface area contributed by atoms with E-state index >= 15 is 0 Å². The quantitative estimate of drug-likeness (QED) is 0.623. The lowest BCUT2D eigenvalue weighted by molar-refractivity contribution is -0.120. The van der Waals surface area contributed by atoms with E-state index in [0.717, 1.165) is 6.42 Å². The highest BCUT2D eigenvalue weighted by Gasteiger charge is 2.08. The SMILES string of the molecule is CC[C@@H](C)NC(=O)CC(C)=NNC(=O)c1ccc(F)cc1. The fourth-order valence-corrected chi connectivity index (χ4v) is 1.51. The molecule has 5 nitrogen and oxygen atoms in total. The van der Waals surface area contributed by atoms with Gasteiger partial charge in [-0.05, 0) is 44.5 Å². The zero-order chi connectivity index (χ0) is 15.8. The number of carbonyl (C=O) groups excluding carboxylic acids is 2. The molecule has 2 N–H and O–H groups in total. The van der Waals surface area contributed by atoms with Gasteiger partial charge in [0.25, 0.3) is 5.91 Å². The highest BCUT2D eigenvalue weighted by molar-refractivity contribution is 6.01. The van der Waals surface area contributed by atoms with Crippen molar-refractivity contribution in [1.29, 1.82) is 0 Å². The second kappa shape index (κ2) is 8.14. The van der Waals surface area contributed by atoms with Gasteiger partial charge in [-0.2, -0.15) is 5.10 Å². The smallest absolute Gasteiger partial charge is 0.271 e. The third-order valence-corrected chi connectivity index (χ3v) is 2.89. The lowest BCUT2D eigenvalue weighted by Gasteiger charge is -2.10. The molecule has 0 aromatic heterocycles. The monoisotopic (exact) mass is 293 g/mol. The number of rotatable bonds is 6. The van der Waals surface area contributed by atoms with Crippen LogP contribution in [0.15, 0.2) is 29.4 Å². The Balaban J connectivity index is 2.49. The average molecular weight is 293 g/mol. The van der Waals surface area contributed by atoms with Gasteiger partial charge in [0.05, 0.1) is 6.42 Å².